The molecule has 2 rings (SSSR count). The summed E-state index contributed by atoms with van der Waals surface area (Å²) in [5.41, 5.74) is 0.923. The highest BCUT2D eigenvalue weighted by Crippen LogP contribution is 2.41. The van der Waals surface area contributed by atoms with Gasteiger partial charge in [0.15, 0.2) is 6.21 Å². The summed E-state index contributed by atoms with van der Waals surface area (Å²) in [5, 5.41) is 12.8. The molecular weight excluding hydrogens is 344 g/mol. The van der Waals surface area contributed by atoms with Crippen molar-refractivity contribution < 1.29 is 4.74 Å². The van der Waals surface area contributed by atoms with Crippen molar-refractivity contribution in [2.45, 2.75) is 49.4 Å². The third-order valence-electron chi connectivity index (χ3n) is 3.89. The average Bonchev–Trinajstić information content (AvgIpc) is 2.74. The van der Waals surface area contributed by atoms with Gasteiger partial charge >= 0.3 is 0 Å². The Morgan fingerprint density at radius 1 is 1.39 bits per heavy atom. The monoisotopic (exact) mass is 368 g/mol. The van der Waals surface area contributed by atoms with Gasteiger partial charge in [-0.1, -0.05) is 37.3 Å². The maximum atomic E-state index is 12.8. The first-order valence-electron chi connectivity index (χ1n) is 7.83. The molecule has 1 fully saturated rings. The fraction of sp³-hybridized carbons (Fsp3) is 0.529. The third-order valence-corrected chi connectivity index (χ3v) is 6.26. The molecule has 126 valence electrons. The van der Waals surface area contributed by atoms with Crippen molar-refractivity contribution in [1.82, 2.24) is 4.90 Å². The minimum absolute atomic E-state index is 0.220. The molecule has 23 heavy (non-hydrogen) atoms. The summed E-state index contributed by atoms with van der Waals surface area (Å²) < 4.78 is 1.69. The van der Waals surface area contributed by atoms with Crippen molar-refractivity contribution in [1.29, 1.82) is 0 Å². The van der Waals surface area contributed by atoms with Crippen LogP contribution in [0.25, 0.3) is 0 Å². The molecule has 0 bridgehead atoms. The Balaban J connectivity index is 2.26. The fourth-order valence-corrected chi connectivity index (χ4v) is 5.04. The SMILES string of the molecule is CCCCN1C(=S)SC(C)(C)[C@@H]1/[N+]([O-])=C/c1ccc(SC)cc1. The van der Waals surface area contributed by atoms with Crippen LogP contribution < -0.4 is 0 Å². The molecule has 1 saturated heterocycles. The van der Waals surface area contributed by atoms with Crippen LogP contribution in [0, 0.1) is 5.21 Å². The van der Waals surface area contributed by atoms with E-state index in [9.17, 15) is 5.21 Å². The predicted octanol–water partition coefficient (Wildman–Crippen LogP) is 4.58. The normalized spacial score (nSPS) is 21.0. The van der Waals surface area contributed by atoms with E-state index in [1.165, 1.54) is 4.90 Å². The fourth-order valence-electron chi connectivity index (χ4n) is 2.70. The number of thiocarbonyl (C=S) groups is 1. The minimum atomic E-state index is -0.258. The highest BCUT2D eigenvalue weighted by Gasteiger charge is 2.50. The van der Waals surface area contributed by atoms with Gasteiger partial charge in [0.2, 0.25) is 0 Å². The van der Waals surface area contributed by atoms with Gasteiger partial charge in [0, 0.05) is 17.0 Å². The summed E-state index contributed by atoms with van der Waals surface area (Å²) in [6, 6.07) is 8.05. The second-order valence-electron chi connectivity index (χ2n) is 6.15. The van der Waals surface area contributed by atoms with E-state index >= 15 is 0 Å². The average molecular weight is 369 g/mol. The van der Waals surface area contributed by atoms with Crippen LogP contribution in [0.1, 0.15) is 39.2 Å². The van der Waals surface area contributed by atoms with Gasteiger partial charge in [0.25, 0.3) is 6.17 Å². The molecule has 6 heteroatoms. The zero-order chi connectivity index (χ0) is 17.0. The summed E-state index contributed by atoms with van der Waals surface area (Å²) in [4.78, 5) is 3.28. The van der Waals surface area contributed by atoms with Gasteiger partial charge in [-0.3, -0.25) is 4.90 Å². The van der Waals surface area contributed by atoms with Crippen LogP contribution in [-0.4, -0.2) is 43.9 Å². The Labute approximate surface area is 153 Å². The minimum Gasteiger partial charge on any atom is -0.622 e. The Morgan fingerprint density at radius 3 is 2.61 bits per heavy atom. The smallest absolute Gasteiger partial charge is 0.254 e. The molecule has 0 spiro atoms. The lowest BCUT2D eigenvalue weighted by Gasteiger charge is -2.29. The van der Waals surface area contributed by atoms with Crippen molar-refractivity contribution >= 4 is 46.3 Å². The summed E-state index contributed by atoms with van der Waals surface area (Å²) in [7, 11) is 0. The van der Waals surface area contributed by atoms with Crippen LogP contribution in [0.2, 0.25) is 0 Å². The van der Waals surface area contributed by atoms with Gasteiger partial charge in [-0.25, -0.2) is 0 Å². The summed E-state index contributed by atoms with van der Waals surface area (Å²) >= 11 is 8.83. The molecule has 0 aromatic heterocycles. The van der Waals surface area contributed by atoms with Crippen LogP contribution >= 0.6 is 35.7 Å². The predicted molar refractivity (Wildman–Crippen MR) is 107 cm³/mol. The molecule has 1 aliphatic rings. The number of benzene rings is 1. The van der Waals surface area contributed by atoms with Crippen molar-refractivity contribution in [3.63, 3.8) is 0 Å². The van der Waals surface area contributed by atoms with E-state index in [2.05, 4.69) is 25.7 Å². The molecule has 3 nitrogen and oxygen atoms in total. The zero-order valence-corrected chi connectivity index (χ0v) is 16.6. The second kappa shape index (κ2) is 7.90. The molecule has 0 radical (unpaired) electrons. The summed E-state index contributed by atoms with van der Waals surface area (Å²) in [6.45, 7) is 7.18. The largest absolute Gasteiger partial charge is 0.622 e. The summed E-state index contributed by atoms with van der Waals surface area (Å²) in [5.74, 6) is 0. The molecule has 0 unspecified atom stereocenters. The molecule has 1 aromatic rings. The Bertz CT molecular complexity index is 584. The molecule has 1 atom stereocenters. The van der Waals surface area contributed by atoms with E-state index in [1.807, 2.05) is 30.5 Å². The van der Waals surface area contributed by atoms with Crippen molar-refractivity contribution in [3.8, 4) is 0 Å². The van der Waals surface area contributed by atoms with E-state index in [1.54, 1.807) is 29.7 Å². The van der Waals surface area contributed by atoms with Crippen molar-refractivity contribution in [2.24, 2.45) is 0 Å². The van der Waals surface area contributed by atoms with Gasteiger partial charge in [-0.15, -0.1) is 11.8 Å². The van der Waals surface area contributed by atoms with E-state index in [0.29, 0.717) is 0 Å². The van der Waals surface area contributed by atoms with Crippen molar-refractivity contribution in [3.05, 3.63) is 35.0 Å². The second-order valence-corrected chi connectivity index (χ2v) is 9.32. The van der Waals surface area contributed by atoms with E-state index in [0.717, 1.165) is 34.0 Å². The van der Waals surface area contributed by atoms with Crippen LogP contribution in [-0.2, 0) is 0 Å². The number of nitrogens with zero attached hydrogens (tertiary/aromatic N) is 2. The lowest BCUT2D eigenvalue weighted by Crippen LogP contribution is -2.48. The number of hydrogen-bond acceptors (Lipinski definition) is 4. The van der Waals surface area contributed by atoms with Gasteiger partial charge < -0.3 is 5.21 Å². The maximum absolute atomic E-state index is 12.8. The number of rotatable bonds is 6. The molecule has 0 aliphatic carbocycles. The lowest BCUT2D eigenvalue weighted by molar-refractivity contribution is -0.523. The standard InChI is InChI=1S/C17H24N2OS3/c1-5-6-11-18-15(17(2,3)23-16(18)21)19(20)12-13-7-9-14(22-4)10-8-13/h7-10,12,15H,5-6,11H2,1-4H3/b19-12-/t15-/m0/s1. The molecule has 1 aliphatic heterocycles. The number of thioether (sulfide) groups is 2. The van der Waals surface area contributed by atoms with Gasteiger partial charge in [0.05, 0.1) is 0 Å². The molecule has 0 amide bonds. The van der Waals surface area contributed by atoms with Crippen molar-refractivity contribution in [2.75, 3.05) is 12.8 Å². The number of unbranched alkanes of at least 4 members (excludes halogenated alkanes) is 1. The van der Waals surface area contributed by atoms with E-state index in [4.69, 9.17) is 12.2 Å². The molecule has 0 N–H and O–H groups in total. The molecule has 1 heterocycles. The quantitative estimate of drug-likeness (QED) is 0.183. The summed E-state index contributed by atoms with van der Waals surface area (Å²) in [6.07, 6.45) is 5.61. The highest BCUT2D eigenvalue weighted by atomic mass is 32.2. The van der Waals surface area contributed by atoms with Crippen LogP contribution in [0.5, 0.6) is 0 Å². The molecular formula is C17H24N2OS3. The Hall–Kier alpha value is -0.720. The van der Waals surface area contributed by atoms with Gasteiger partial charge in [-0.2, -0.15) is 4.74 Å². The highest BCUT2D eigenvalue weighted by molar-refractivity contribution is 8.24. The van der Waals surface area contributed by atoms with Crippen LogP contribution in [0.4, 0.5) is 0 Å². The van der Waals surface area contributed by atoms with Gasteiger partial charge in [0.1, 0.15) is 9.07 Å². The number of hydroxylamine groups is 1. The van der Waals surface area contributed by atoms with E-state index < -0.39 is 0 Å². The first-order valence-corrected chi connectivity index (χ1v) is 10.3. The lowest BCUT2D eigenvalue weighted by atomic mass is 10.1. The van der Waals surface area contributed by atoms with Gasteiger partial charge in [-0.05, 0) is 50.8 Å². The Morgan fingerprint density at radius 2 is 2.04 bits per heavy atom. The zero-order valence-electron chi connectivity index (χ0n) is 14.1. The Kier molecular flexibility index (Phi) is 6.40. The van der Waals surface area contributed by atoms with E-state index in [-0.39, 0.29) is 10.9 Å². The van der Waals surface area contributed by atoms with Crippen LogP contribution in [0.15, 0.2) is 29.2 Å². The first-order chi connectivity index (χ1) is 10.9. The van der Waals surface area contributed by atoms with Crippen LogP contribution in [0.3, 0.4) is 0 Å². The first kappa shape index (κ1) is 18.6. The third kappa shape index (κ3) is 4.43. The maximum Gasteiger partial charge on any atom is 0.254 e. The topological polar surface area (TPSA) is 29.3 Å². The molecule has 0 saturated carbocycles. The molecule has 1 aromatic carbocycles. The number of hydrogen-bond donors (Lipinski definition) is 0.